The maximum atomic E-state index is 9.41. The number of aryl methyl sites for hydroxylation is 3. The number of pyridine rings is 1. The topological polar surface area (TPSA) is 48.7 Å². The van der Waals surface area contributed by atoms with E-state index in [1.54, 1.807) is 0 Å². The van der Waals surface area contributed by atoms with Crippen molar-refractivity contribution in [3.63, 3.8) is 0 Å². The number of thiophene rings is 1. The lowest BCUT2D eigenvalue weighted by molar-refractivity contribution is 0.606. The molecule has 0 aliphatic heterocycles. The third-order valence-corrected chi connectivity index (χ3v) is 5.53. The minimum absolute atomic E-state index is 0.305. The van der Waals surface area contributed by atoms with Gasteiger partial charge in [-0.25, -0.2) is 4.98 Å². The predicted molar refractivity (Wildman–Crippen MR) is 84.6 cm³/mol. The van der Waals surface area contributed by atoms with Crippen molar-refractivity contribution in [1.82, 2.24) is 4.98 Å². The van der Waals surface area contributed by atoms with Gasteiger partial charge in [0.1, 0.15) is 11.9 Å². The Morgan fingerprint density at radius 1 is 1.29 bits per heavy atom. The van der Waals surface area contributed by atoms with E-state index < -0.39 is 0 Å². The average Bonchev–Trinajstić information content (AvgIpc) is 3.15. The molecule has 1 N–H and O–H groups in total. The van der Waals surface area contributed by atoms with Crippen LogP contribution in [0.5, 0.6) is 0 Å². The fourth-order valence-corrected chi connectivity index (χ4v) is 4.46. The van der Waals surface area contributed by atoms with Crippen LogP contribution < -0.4 is 5.32 Å². The van der Waals surface area contributed by atoms with E-state index in [-0.39, 0.29) is 0 Å². The Morgan fingerprint density at radius 2 is 2.24 bits per heavy atom. The van der Waals surface area contributed by atoms with E-state index in [2.05, 4.69) is 22.8 Å². The highest BCUT2D eigenvalue weighted by Crippen LogP contribution is 2.36. The fourth-order valence-electron chi connectivity index (χ4n) is 3.47. The summed E-state index contributed by atoms with van der Waals surface area (Å²) in [4.78, 5) is 6.23. The summed E-state index contributed by atoms with van der Waals surface area (Å²) in [7, 11) is 0. The molecule has 2 aliphatic rings. The van der Waals surface area contributed by atoms with Crippen LogP contribution in [0.4, 0.5) is 5.82 Å². The van der Waals surface area contributed by atoms with Crippen LogP contribution in [0.15, 0.2) is 17.5 Å². The molecule has 0 bridgehead atoms. The Morgan fingerprint density at radius 3 is 3.14 bits per heavy atom. The van der Waals surface area contributed by atoms with Crippen molar-refractivity contribution in [3.8, 4) is 6.07 Å². The number of fused-ring (bicyclic) bond motifs is 2. The molecule has 3 nitrogen and oxygen atoms in total. The van der Waals surface area contributed by atoms with Crippen LogP contribution in [0.25, 0.3) is 0 Å². The molecule has 2 aromatic rings. The van der Waals surface area contributed by atoms with Gasteiger partial charge in [0, 0.05) is 10.6 Å². The first-order valence-corrected chi connectivity index (χ1v) is 8.49. The molecule has 106 valence electrons. The molecule has 4 heteroatoms. The van der Waals surface area contributed by atoms with Crippen molar-refractivity contribution < 1.29 is 0 Å². The SMILES string of the molecule is N#Cc1cc2c(nc1NC1CCCc3sccc31)CCC2. The summed E-state index contributed by atoms with van der Waals surface area (Å²) >= 11 is 1.84. The lowest BCUT2D eigenvalue weighted by atomic mass is 9.94. The first-order chi connectivity index (χ1) is 10.3. The Hall–Kier alpha value is -1.86. The smallest absolute Gasteiger partial charge is 0.144 e. The minimum atomic E-state index is 0.305. The molecule has 0 saturated carbocycles. The molecule has 0 fully saturated rings. The van der Waals surface area contributed by atoms with Gasteiger partial charge in [-0.2, -0.15) is 5.26 Å². The van der Waals surface area contributed by atoms with E-state index in [0.717, 1.165) is 31.5 Å². The minimum Gasteiger partial charge on any atom is -0.362 e. The Kier molecular flexibility index (Phi) is 3.16. The second-order valence-electron chi connectivity index (χ2n) is 5.84. The van der Waals surface area contributed by atoms with E-state index in [4.69, 9.17) is 4.98 Å². The molecule has 2 aromatic heterocycles. The van der Waals surface area contributed by atoms with E-state index in [1.807, 2.05) is 17.4 Å². The van der Waals surface area contributed by atoms with Gasteiger partial charge in [0.15, 0.2) is 0 Å². The van der Waals surface area contributed by atoms with Crippen molar-refractivity contribution in [1.29, 1.82) is 5.26 Å². The van der Waals surface area contributed by atoms with Crippen LogP contribution in [0.1, 0.15) is 52.6 Å². The van der Waals surface area contributed by atoms with Gasteiger partial charge < -0.3 is 5.32 Å². The van der Waals surface area contributed by atoms with Gasteiger partial charge in [-0.15, -0.1) is 11.3 Å². The van der Waals surface area contributed by atoms with Gasteiger partial charge in [-0.05, 0) is 67.2 Å². The standard InChI is InChI=1S/C17H17N3S/c18-10-12-9-11-3-1-4-14(11)19-17(12)20-15-5-2-6-16-13(15)7-8-21-16/h7-9,15H,1-6H2,(H,19,20). The summed E-state index contributed by atoms with van der Waals surface area (Å²) < 4.78 is 0. The lowest BCUT2D eigenvalue weighted by Crippen LogP contribution is -2.17. The monoisotopic (exact) mass is 295 g/mol. The highest BCUT2D eigenvalue weighted by molar-refractivity contribution is 7.10. The number of hydrogen-bond acceptors (Lipinski definition) is 4. The first-order valence-electron chi connectivity index (χ1n) is 7.61. The molecule has 1 unspecified atom stereocenters. The summed E-state index contributed by atoms with van der Waals surface area (Å²) in [6.07, 6.45) is 6.79. The second kappa shape index (κ2) is 5.16. The molecule has 0 aromatic carbocycles. The van der Waals surface area contributed by atoms with Crippen molar-refractivity contribution in [3.05, 3.63) is 44.8 Å². The largest absolute Gasteiger partial charge is 0.362 e. The molecule has 0 amide bonds. The van der Waals surface area contributed by atoms with Crippen LogP contribution in [0.2, 0.25) is 0 Å². The van der Waals surface area contributed by atoms with Crippen LogP contribution in [0.3, 0.4) is 0 Å². The molecule has 21 heavy (non-hydrogen) atoms. The summed E-state index contributed by atoms with van der Waals surface area (Å²) in [5, 5.41) is 15.1. The molecule has 0 saturated heterocycles. The third kappa shape index (κ3) is 2.22. The van der Waals surface area contributed by atoms with Gasteiger partial charge >= 0.3 is 0 Å². The number of hydrogen-bond donors (Lipinski definition) is 1. The molecule has 0 spiro atoms. The maximum Gasteiger partial charge on any atom is 0.144 e. The maximum absolute atomic E-state index is 9.41. The van der Waals surface area contributed by atoms with E-state index >= 15 is 0 Å². The Bertz CT molecular complexity index is 726. The highest BCUT2D eigenvalue weighted by Gasteiger charge is 2.23. The normalized spacial score (nSPS) is 19.7. The Labute approximate surface area is 128 Å². The zero-order chi connectivity index (χ0) is 14.2. The predicted octanol–water partition coefficient (Wildman–Crippen LogP) is 3.99. The molecule has 1 atom stereocenters. The zero-order valence-corrected chi connectivity index (χ0v) is 12.7. The molecule has 2 heterocycles. The van der Waals surface area contributed by atoms with Crippen LogP contribution in [-0.4, -0.2) is 4.98 Å². The number of aromatic nitrogens is 1. The molecule has 0 radical (unpaired) electrons. The van der Waals surface area contributed by atoms with Crippen molar-refractivity contribution in [2.75, 3.05) is 5.32 Å². The first kappa shape index (κ1) is 12.8. The van der Waals surface area contributed by atoms with Gasteiger partial charge in [0.2, 0.25) is 0 Å². The molecule has 4 rings (SSSR count). The number of anilines is 1. The number of nitrogens with one attached hydrogen (secondary N) is 1. The summed E-state index contributed by atoms with van der Waals surface area (Å²) in [5.41, 5.74) is 4.53. The molecular weight excluding hydrogens is 278 g/mol. The molecular formula is C17H17N3S. The van der Waals surface area contributed by atoms with Crippen molar-refractivity contribution >= 4 is 17.2 Å². The Balaban J connectivity index is 1.68. The van der Waals surface area contributed by atoms with Gasteiger partial charge in [-0.3, -0.25) is 0 Å². The lowest BCUT2D eigenvalue weighted by Gasteiger charge is -2.25. The zero-order valence-electron chi connectivity index (χ0n) is 11.9. The van der Waals surface area contributed by atoms with E-state index in [0.29, 0.717) is 11.6 Å². The second-order valence-corrected chi connectivity index (χ2v) is 6.84. The van der Waals surface area contributed by atoms with E-state index in [9.17, 15) is 5.26 Å². The summed E-state index contributed by atoms with van der Waals surface area (Å²) in [5.74, 6) is 0.780. The van der Waals surface area contributed by atoms with E-state index in [1.165, 1.54) is 34.5 Å². The third-order valence-electron chi connectivity index (χ3n) is 4.53. The van der Waals surface area contributed by atoms with Gasteiger partial charge in [0.05, 0.1) is 11.6 Å². The average molecular weight is 295 g/mol. The summed E-state index contributed by atoms with van der Waals surface area (Å²) in [6.45, 7) is 0. The highest BCUT2D eigenvalue weighted by atomic mass is 32.1. The number of nitriles is 1. The van der Waals surface area contributed by atoms with Gasteiger partial charge in [0.25, 0.3) is 0 Å². The molecule has 2 aliphatic carbocycles. The van der Waals surface area contributed by atoms with Crippen molar-refractivity contribution in [2.24, 2.45) is 0 Å². The van der Waals surface area contributed by atoms with Gasteiger partial charge in [-0.1, -0.05) is 0 Å². The number of nitrogens with zero attached hydrogens (tertiary/aromatic N) is 2. The number of rotatable bonds is 2. The van der Waals surface area contributed by atoms with Crippen molar-refractivity contribution in [2.45, 2.75) is 44.6 Å². The fraction of sp³-hybridized carbons (Fsp3) is 0.412. The van der Waals surface area contributed by atoms with Crippen LogP contribution in [0, 0.1) is 11.3 Å². The van der Waals surface area contributed by atoms with Crippen LogP contribution in [-0.2, 0) is 19.3 Å². The quantitative estimate of drug-likeness (QED) is 0.911. The van der Waals surface area contributed by atoms with Crippen LogP contribution >= 0.6 is 11.3 Å². The summed E-state index contributed by atoms with van der Waals surface area (Å²) in [6, 6.07) is 6.87.